The maximum atomic E-state index is 12.8. The van der Waals surface area contributed by atoms with Crippen molar-refractivity contribution in [2.24, 2.45) is 5.92 Å². The number of amides is 1. The van der Waals surface area contributed by atoms with E-state index in [1.807, 2.05) is 17.3 Å². The van der Waals surface area contributed by atoms with Crippen molar-refractivity contribution in [1.29, 1.82) is 0 Å². The largest absolute Gasteiger partial charge is 0.339 e. The number of rotatable bonds is 5. The molecule has 0 spiro atoms. The monoisotopic (exact) mass is 393 g/mol. The quantitative estimate of drug-likeness (QED) is 0.780. The van der Waals surface area contributed by atoms with E-state index in [2.05, 4.69) is 51.8 Å². The number of nitrogens with zero attached hydrogens (tertiary/aromatic N) is 5. The maximum absolute atomic E-state index is 12.8. The smallest absolute Gasteiger partial charge is 0.236 e. The molecule has 0 saturated carbocycles. The van der Waals surface area contributed by atoms with Gasteiger partial charge in [-0.05, 0) is 29.0 Å². The molecule has 6 heteroatoms. The maximum Gasteiger partial charge on any atom is 0.236 e. The molecule has 0 radical (unpaired) electrons. The number of hydrogen-bond acceptors (Lipinski definition) is 5. The summed E-state index contributed by atoms with van der Waals surface area (Å²) in [5, 5.41) is 0. The first-order chi connectivity index (χ1) is 14.1. The molecule has 2 aliphatic heterocycles. The van der Waals surface area contributed by atoms with Crippen LogP contribution in [0.15, 0.2) is 36.9 Å². The molecule has 0 bridgehead atoms. The molecule has 0 unspecified atom stereocenters. The molecule has 29 heavy (non-hydrogen) atoms. The van der Waals surface area contributed by atoms with Crippen molar-refractivity contribution in [3.63, 3.8) is 0 Å². The van der Waals surface area contributed by atoms with Gasteiger partial charge in [0.2, 0.25) is 5.91 Å². The molecule has 2 aromatic rings. The summed E-state index contributed by atoms with van der Waals surface area (Å²) in [6.07, 6.45) is 6.24. The predicted molar refractivity (Wildman–Crippen MR) is 114 cm³/mol. The van der Waals surface area contributed by atoms with Crippen LogP contribution in [0.3, 0.4) is 0 Å². The normalized spacial score (nSPS) is 18.1. The van der Waals surface area contributed by atoms with Crippen LogP contribution in [0.4, 0.5) is 0 Å². The van der Waals surface area contributed by atoms with Crippen LogP contribution in [0.5, 0.6) is 0 Å². The van der Waals surface area contributed by atoms with Crippen LogP contribution >= 0.6 is 0 Å². The van der Waals surface area contributed by atoms with Gasteiger partial charge >= 0.3 is 0 Å². The van der Waals surface area contributed by atoms with Crippen LogP contribution in [0.25, 0.3) is 11.1 Å². The summed E-state index contributed by atoms with van der Waals surface area (Å²) in [6.45, 7) is 11.7. The highest BCUT2D eigenvalue weighted by Gasteiger charge is 2.25. The third-order valence-corrected chi connectivity index (χ3v) is 5.90. The lowest BCUT2D eigenvalue weighted by molar-refractivity contribution is -0.134. The van der Waals surface area contributed by atoms with Gasteiger partial charge in [-0.15, -0.1) is 0 Å². The molecule has 3 heterocycles. The van der Waals surface area contributed by atoms with Gasteiger partial charge in [-0.2, -0.15) is 0 Å². The number of aromatic nitrogens is 2. The SMILES string of the molecule is CC(C)CN1CCN(C(=O)CN2CCc3cc(-c4cncnc4)ccc3C2)CC1. The standard InChI is InChI=1S/C23H31N5O/c1-18(2)14-26-7-9-28(10-8-26)23(29)16-27-6-5-20-11-19(3-4-21(20)15-27)22-12-24-17-25-13-22/h3-4,11-13,17-18H,5-10,14-16H2,1-2H3. The average molecular weight is 394 g/mol. The van der Waals surface area contributed by atoms with Crippen LogP contribution in [0, 0.1) is 5.92 Å². The van der Waals surface area contributed by atoms with Crippen molar-refractivity contribution in [3.8, 4) is 11.1 Å². The van der Waals surface area contributed by atoms with Gasteiger partial charge in [0.15, 0.2) is 0 Å². The zero-order valence-corrected chi connectivity index (χ0v) is 17.5. The topological polar surface area (TPSA) is 52.6 Å². The molecule has 0 N–H and O–H groups in total. The van der Waals surface area contributed by atoms with E-state index >= 15 is 0 Å². The minimum absolute atomic E-state index is 0.274. The minimum atomic E-state index is 0.274. The van der Waals surface area contributed by atoms with E-state index < -0.39 is 0 Å². The van der Waals surface area contributed by atoms with Crippen LogP contribution in [0.2, 0.25) is 0 Å². The second-order valence-corrected chi connectivity index (χ2v) is 8.65. The lowest BCUT2D eigenvalue weighted by atomic mass is 9.95. The fourth-order valence-corrected chi connectivity index (χ4v) is 4.36. The van der Waals surface area contributed by atoms with Crippen LogP contribution < -0.4 is 0 Å². The third kappa shape index (κ3) is 5.00. The molecule has 1 aromatic carbocycles. The van der Waals surface area contributed by atoms with Gasteiger partial charge in [0.25, 0.3) is 0 Å². The number of piperazine rings is 1. The number of carbonyl (C=O) groups is 1. The first-order valence-corrected chi connectivity index (χ1v) is 10.7. The van der Waals surface area contributed by atoms with E-state index in [4.69, 9.17) is 0 Å². The number of hydrogen-bond donors (Lipinski definition) is 0. The fraction of sp³-hybridized carbons (Fsp3) is 0.522. The minimum Gasteiger partial charge on any atom is -0.339 e. The third-order valence-electron chi connectivity index (χ3n) is 5.90. The molecule has 0 atom stereocenters. The van der Waals surface area contributed by atoms with E-state index in [0.29, 0.717) is 12.5 Å². The molecule has 1 saturated heterocycles. The molecular formula is C23H31N5O. The second-order valence-electron chi connectivity index (χ2n) is 8.65. The van der Waals surface area contributed by atoms with Crippen LogP contribution in [-0.2, 0) is 17.8 Å². The van der Waals surface area contributed by atoms with Crippen LogP contribution in [-0.4, -0.2) is 76.4 Å². The first kappa shape index (κ1) is 20.0. The molecule has 6 nitrogen and oxygen atoms in total. The lowest BCUT2D eigenvalue weighted by Gasteiger charge is -2.37. The van der Waals surface area contributed by atoms with Crippen molar-refractivity contribution < 1.29 is 4.79 Å². The van der Waals surface area contributed by atoms with Gasteiger partial charge < -0.3 is 4.90 Å². The molecule has 4 rings (SSSR count). The predicted octanol–water partition coefficient (Wildman–Crippen LogP) is 2.30. The Kier molecular flexibility index (Phi) is 6.21. The zero-order valence-electron chi connectivity index (χ0n) is 17.5. The van der Waals surface area contributed by atoms with Crippen molar-refractivity contribution in [1.82, 2.24) is 24.7 Å². The number of carbonyl (C=O) groups excluding carboxylic acids is 1. The Morgan fingerprint density at radius 3 is 2.45 bits per heavy atom. The van der Waals surface area contributed by atoms with Crippen molar-refractivity contribution in [2.75, 3.05) is 45.8 Å². The molecule has 154 valence electrons. The summed E-state index contributed by atoms with van der Waals surface area (Å²) in [5.41, 5.74) is 4.90. The lowest BCUT2D eigenvalue weighted by Crippen LogP contribution is -2.52. The molecule has 1 aromatic heterocycles. The molecule has 1 fully saturated rings. The fourth-order valence-electron chi connectivity index (χ4n) is 4.36. The van der Waals surface area contributed by atoms with Gasteiger partial charge in [0, 0.05) is 63.8 Å². The molecule has 0 aliphatic carbocycles. The Labute approximate surface area is 173 Å². The Hall–Kier alpha value is -2.31. The molecule has 1 amide bonds. The Balaban J connectivity index is 1.32. The van der Waals surface area contributed by atoms with Crippen molar-refractivity contribution in [2.45, 2.75) is 26.8 Å². The van der Waals surface area contributed by atoms with E-state index in [1.54, 1.807) is 6.33 Å². The Morgan fingerprint density at radius 1 is 0.966 bits per heavy atom. The number of fused-ring (bicyclic) bond motifs is 1. The summed E-state index contributed by atoms with van der Waals surface area (Å²) in [7, 11) is 0. The molecule has 2 aliphatic rings. The van der Waals surface area contributed by atoms with Gasteiger partial charge in [-0.25, -0.2) is 9.97 Å². The van der Waals surface area contributed by atoms with E-state index in [9.17, 15) is 4.79 Å². The van der Waals surface area contributed by atoms with Crippen LogP contribution in [0.1, 0.15) is 25.0 Å². The molecular weight excluding hydrogens is 362 g/mol. The summed E-state index contributed by atoms with van der Waals surface area (Å²) < 4.78 is 0. The van der Waals surface area contributed by atoms with Gasteiger partial charge in [0.05, 0.1) is 6.54 Å². The van der Waals surface area contributed by atoms with Gasteiger partial charge in [0.1, 0.15) is 6.33 Å². The summed E-state index contributed by atoms with van der Waals surface area (Å²) in [6, 6.07) is 6.58. The van der Waals surface area contributed by atoms with E-state index in [-0.39, 0.29) is 5.91 Å². The van der Waals surface area contributed by atoms with E-state index in [1.165, 1.54) is 11.1 Å². The summed E-state index contributed by atoms with van der Waals surface area (Å²) >= 11 is 0. The first-order valence-electron chi connectivity index (χ1n) is 10.7. The Bertz CT molecular complexity index is 830. The number of benzene rings is 1. The van der Waals surface area contributed by atoms with Crippen molar-refractivity contribution >= 4 is 5.91 Å². The second kappa shape index (κ2) is 9.01. The Morgan fingerprint density at radius 2 is 1.72 bits per heavy atom. The highest BCUT2D eigenvalue weighted by atomic mass is 16.2. The average Bonchev–Trinajstić information content (AvgIpc) is 2.74. The van der Waals surface area contributed by atoms with E-state index in [0.717, 1.165) is 63.4 Å². The van der Waals surface area contributed by atoms with Crippen molar-refractivity contribution in [3.05, 3.63) is 48.0 Å². The zero-order chi connectivity index (χ0) is 20.2. The van der Waals surface area contributed by atoms with Gasteiger partial charge in [-0.1, -0.05) is 32.0 Å². The summed E-state index contributed by atoms with van der Waals surface area (Å²) in [4.78, 5) is 27.8. The van der Waals surface area contributed by atoms with Gasteiger partial charge in [-0.3, -0.25) is 14.6 Å². The highest BCUT2D eigenvalue weighted by molar-refractivity contribution is 5.78. The summed E-state index contributed by atoms with van der Waals surface area (Å²) in [5.74, 6) is 0.955. The highest BCUT2D eigenvalue weighted by Crippen LogP contribution is 2.25.